The molecular formula is C14H18O4S. The predicted octanol–water partition coefficient (Wildman–Crippen LogP) is 2.90. The first-order chi connectivity index (χ1) is 9.08. The Morgan fingerprint density at radius 1 is 1.37 bits per heavy atom. The third-order valence-corrected chi connectivity index (χ3v) is 3.94. The van der Waals surface area contributed by atoms with Gasteiger partial charge in [-0.15, -0.1) is 11.8 Å². The van der Waals surface area contributed by atoms with E-state index in [0.29, 0.717) is 5.92 Å². The molecule has 0 bridgehead atoms. The van der Waals surface area contributed by atoms with Crippen molar-refractivity contribution >= 4 is 17.7 Å². The lowest BCUT2D eigenvalue weighted by Crippen LogP contribution is -2.02. The lowest BCUT2D eigenvalue weighted by atomic mass is 9.95. The van der Waals surface area contributed by atoms with Crippen LogP contribution in [0, 0.1) is 0 Å². The molecule has 0 aromatic heterocycles. The molecule has 0 saturated carbocycles. The molecule has 0 radical (unpaired) electrons. The van der Waals surface area contributed by atoms with Crippen molar-refractivity contribution < 1.29 is 19.4 Å². The number of carboxylic acid groups (broad SMARTS) is 1. The monoisotopic (exact) mass is 282 g/mol. The molecule has 4 nitrogen and oxygen atoms in total. The van der Waals surface area contributed by atoms with E-state index in [-0.39, 0.29) is 12.5 Å². The largest absolute Gasteiger partial charge is 0.481 e. The Bertz CT molecular complexity index is 471. The summed E-state index contributed by atoms with van der Waals surface area (Å²) in [6, 6.07) is 4.07. The molecule has 0 amide bonds. The maximum atomic E-state index is 10.5. The first-order valence-corrected chi connectivity index (χ1v) is 7.45. The summed E-state index contributed by atoms with van der Waals surface area (Å²) in [5, 5.41) is 8.62. The number of hydrogen-bond acceptors (Lipinski definition) is 4. The first kappa shape index (κ1) is 14.1. The molecule has 1 aliphatic heterocycles. The van der Waals surface area contributed by atoms with Gasteiger partial charge in [-0.3, -0.25) is 4.79 Å². The maximum Gasteiger partial charge on any atom is 0.313 e. The zero-order chi connectivity index (χ0) is 13.8. The van der Waals surface area contributed by atoms with E-state index in [1.54, 1.807) is 0 Å². The second-order valence-corrected chi connectivity index (χ2v) is 5.86. The second-order valence-electron chi connectivity index (χ2n) is 4.76. The average Bonchev–Trinajstić information content (AvgIpc) is 2.80. The average molecular weight is 282 g/mol. The summed E-state index contributed by atoms with van der Waals surface area (Å²) in [5.74, 6) is 2.20. The van der Waals surface area contributed by atoms with Crippen LogP contribution in [0.5, 0.6) is 11.5 Å². The molecule has 0 aliphatic carbocycles. The highest BCUT2D eigenvalue weighted by molar-refractivity contribution is 7.99. The zero-order valence-corrected chi connectivity index (χ0v) is 12.0. The molecule has 1 heterocycles. The van der Waals surface area contributed by atoms with E-state index in [0.717, 1.165) is 23.7 Å². The molecule has 2 rings (SSSR count). The van der Waals surface area contributed by atoms with Crippen molar-refractivity contribution in [2.45, 2.75) is 26.2 Å². The van der Waals surface area contributed by atoms with Gasteiger partial charge in [0, 0.05) is 0 Å². The van der Waals surface area contributed by atoms with Gasteiger partial charge in [0.1, 0.15) is 0 Å². The van der Waals surface area contributed by atoms with Crippen LogP contribution in [0.2, 0.25) is 0 Å². The maximum absolute atomic E-state index is 10.5. The van der Waals surface area contributed by atoms with Gasteiger partial charge in [0.2, 0.25) is 6.79 Å². The van der Waals surface area contributed by atoms with Crippen molar-refractivity contribution in [3.05, 3.63) is 23.3 Å². The fraction of sp³-hybridized carbons (Fsp3) is 0.500. The normalized spacial score (nSPS) is 13.0. The summed E-state index contributed by atoms with van der Waals surface area (Å²) in [5.41, 5.74) is 2.47. The van der Waals surface area contributed by atoms with E-state index in [1.807, 2.05) is 12.1 Å². The van der Waals surface area contributed by atoms with Crippen molar-refractivity contribution in [2.24, 2.45) is 0 Å². The van der Waals surface area contributed by atoms with Crippen molar-refractivity contribution in [3.63, 3.8) is 0 Å². The van der Waals surface area contributed by atoms with Crippen LogP contribution in [0.25, 0.3) is 0 Å². The molecule has 1 aromatic carbocycles. The van der Waals surface area contributed by atoms with Gasteiger partial charge in [-0.25, -0.2) is 0 Å². The van der Waals surface area contributed by atoms with Crippen LogP contribution in [0.4, 0.5) is 0 Å². The predicted molar refractivity (Wildman–Crippen MR) is 75.3 cm³/mol. The fourth-order valence-electron chi connectivity index (χ4n) is 2.10. The standard InChI is InChI=1S/C14H18O4S/c1-9(2)11-6-13-12(17-8-18-13)5-10(11)3-4-19-7-14(15)16/h5-6,9H,3-4,7-8H2,1-2H3,(H,15,16). The number of carboxylic acids is 1. The van der Waals surface area contributed by atoms with Gasteiger partial charge in [-0.1, -0.05) is 13.8 Å². The van der Waals surface area contributed by atoms with Gasteiger partial charge < -0.3 is 14.6 Å². The summed E-state index contributed by atoms with van der Waals surface area (Å²) in [6.07, 6.45) is 0.849. The van der Waals surface area contributed by atoms with Crippen LogP contribution in [0.1, 0.15) is 30.9 Å². The molecule has 5 heteroatoms. The van der Waals surface area contributed by atoms with Crippen LogP contribution < -0.4 is 9.47 Å². The van der Waals surface area contributed by atoms with Crippen LogP contribution >= 0.6 is 11.8 Å². The zero-order valence-electron chi connectivity index (χ0n) is 11.1. The van der Waals surface area contributed by atoms with Crippen molar-refractivity contribution in [3.8, 4) is 11.5 Å². The highest BCUT2D eigenvalue weighted by Gasteiger charge is 2.18. The lowest BCUT2D eigenvalue weighted by molar-refractivity contribution is -0.133. The second kappa shape index (κ2) is 6.19. The number of thioether (sulfide) groups is 1. The smallest absolute Gasteiger partial charge is 0.313 e. The van der Waals surface area contributed by atoms with Crippen LogP contribution in [-0.4, -0.2) is 29.4 Å². The van der Waals surface area contributed by atoms with Gasteiger partial charge >= 0.3 is 5.97 Å². The highest BCUT2D eigenvalue weighted by Crippen LogP contribution is 2.37. The summed E-state index contributed by atoms with van der Waals surface area (Å²) in [7, 11) is 0. The van der Waals surface area contributed by atoms with Crippen molar-refractivity contribution in [1.82, 2.24) is 0 Å². The number of hydrogen-bond donors (Lipinski definition) is 1. The summed E-state index contributed by atoms with van der Waals surface area (Å²) < 4.78 is 10.8. The van der Waals surface area contributed by atoms with Gasteiger partial charge in [0.25, 0.3) is 0 Å². The molecule has 104 valence electrons. The summed E-state index contributed by atoms with van der Waals surface area (Å²) in [4.78, 5) is 10.5. The van der Waals surface area contributed by atoms with E-state index < -0.39 is 5.97 Å². The van der Waals surface area contributed by atoms with E-state index >= 15 is 0 Å². The van der Waals surface area contributed by atoms with Crippen molar-refractivity contribution in [2.75, 3.05) is 18.3 Å². The Morgan fingerprint density at radius 3 is 2.68 bits per heavy atom. The Kier molecular flexibility index (Phi) is 4.58. The van der Waals surface area contributed by atoms with E-state index in [1.165, 1.54) is 22.9 Å². The molecule has 1 aromatic rings. The number of aliphatic carboxylic acids is 1. The molecule has 0 saturated heterocycles. The molecule has 1 N–H and O–H groups in total. The minimum atomic E-state index is -0.764. The summed E-state index contributed by atoms with van der Waals surface area (Å²) in [6.45, 7) is 4.57. The molecule has 0 spiro atoms. The van der Waals surface area contributed by atoms with E-state index in [2.05, 4.69) is 13.8 Å². The fourth-order valence-corrected chi connectivity index (χ4v) is 2.78. The van der Waals surface area contributed by atoms with Gasteiger partial charge in [-0.2, -0.15) is 0 Å². The van der Waals surface area contributed by atoms with Crippen LogP contribution in [-0.2, 0) is 11.2 Å². The Morgan fingerprint density at radius 2 is 2.05 bits per heavy atom. The number of benzene rings is 1. The minimum absolute atomic E-state index is 0.154. The molecule has 0 unspecified atom stereocenters. The van der Waals surface area contributed by atoms with Gasteiger partial charge in [0.05, 0.1) is 5.75 Å². The third-order valence-electron chi connectivity index (χ3n) is 3.00. The third kappa shape index (κ3) is 3.56. The quantitative estimate of drug-likeness (QED) is 0.813. The SMILES string of the molecule is CC(C)c1cc2c(cc1CCSCC(=O)O)OCO2. The summed E-state index contributed by atoms with van der Waals surface area (Å²) >= 11 is 1.44. The molecule has 0 atom stereocenters. The minimum Gasteiger partial charge on any atom is -0.481 e. The van der Waals surface area contributed by atoms with Crippen LogP contribution in [0.15, 0.2) is 12.1 Å². The number of ether oxygens (including phenoxy) is 2. The van der Waals surface area contributed by atoms with E-state index in [9.17, 15) is 4.79 Å². The van der Waals surface area contributed by atoms with Crippen molar-refractivity contribution in [1.29, 1.82) is 0 Å². The number of rotatable bonds is 6. The van der Waals surface area contributed by atoms with E-state index in [4.69, 9.17) is 14.6 Å². The van der Waals surface area contributed by atoms with Crippen LogP contribution in [0.3, 0.4) is 0 Å². The Labute approximate surface area is 117 Å². The van der Waals surface area contributed by atoms with Gasteiger partial charge in [-0.05, 0) is 41.4 Å². The Hall–Kier alpha value is -1.36. The number of aryl methyl sites for hydroxylation is 1. The number of fused-ring (bicyclic) bond motifs is 1. The molecule has 19 heavy (non-hydrogen) atoms. The lowest BCUT2D eigenvalue weighted by Gasteiger charge is -2.13. The van der Waals surface area contributed by atoms with Gasteiger partial charge in [0.15, 0.2) is 11.5 Å². The molecule has 1 aliphatic rings. The Balaban J connectivity index is 2.07. The number of carbonyl (C=O) groups is 1. The highest BCUT2D eigenvalue weighted by atomic mass is 32.2. The first-order valence-electron chi connectivity index (χ1n) is 6.30. The molecule has 0 fully saturated rings. The molecular weight excluding hydrogens is 264 g/mol. The topological polar surface area (TPSA) is 55.8 Å².